The van der Waals surface area contributed by atoms with Crippen LogP contribution >= 0.6 is 0 Å². The molecule has 2 fully saturated rings. The van der Waals surface area contributed by atoms with Crippen LogP contribution in [0, 0.1) is 0 Å². The topological polar surface area (TPSA) is 27.7 Å². The molecule has 2 atom stereocenters. The summed E-state index contributed by atoms with van der Waals surface area (Å²) in [6.07, 6.45) is 6.22. The second kappa shape index (κ2) is 4.40. The first kappa shape index (κ1) is 11.4. The maximum atomic E-state index is 6.13. The maximum Gasteiger partial charge on any atom is 0.173 e. The van der Waals surface area contributed by atoms with Gasteiger partial charge in [-0.2, -0.15) is 0 Å². The van der Waals surface area contributed by atoms with E-state index in [1.54, 1.807) is 0 Å². The molecular formula is C12H22O3. The SMILES string of the molecule is CCCC1(OC2(CCC)CCO2)CCO1. The van der Waals surface area contributed by atoms with E-state index < -0.39 is 0 Å². The molecule has 0 aliphatic carbocycles. The maximum absolute atomic E-state index is 6.13. The predicted octanol–water partition coefficient (Wildman–Crippen LogP) is 2.84. The van der Waals surface area contributed by atoms with Gasteiger partial charge in [-0.15, -0.1) is 0 Å². The highest BCUT2D eigenvalue weighted by Crippen LogP contribution is 2.43. The number of ether oxygens (including phenoxy) is 3. The van der Waals surface area contributed by atoms with Crippen molar-refractivity contribution in [3.8, 4) is 0 Å². The quantitative estimate of drug-likeness (QED) is 0.680. The zero-order valence-corrected chi connectivity index (χ0v) is 9.88. The summed E-state index contributed by atoms with van der Waals surface area (Å²) in [6.45, 7) is 6.01. The Hall–Kier alpha value is -0.120. The van der Waals surface area contributed by atoms with Crippen molar-refractivity contribution in [2.24, 2.45) is 0 Å². The van der Waals surface area contributed by atoms with Gasteiger partial charge >= 0.3 is 0 Å². The molecule has 88 valence electrons. The average molecular weight is 214 g/mol. The third-order valence-corrected chi connectivity index (χ3v) is 3.33. The molecule has 2 aliphatic rings. The van der Waals surface area contributed by atoms with E-state index in [4.69, 9.17) is 14.2 Å². The minimum Gasteiger partial charge on any atom is -0.349 e. The van der Waals surface area contributed by atoms with Crippen LogP contribution in [0.5, 0.6) is 0 Å². The van der Waals surface area contributed by atoms with Crippen LogP contribution in [0.2, 0.25) is 0 Å². The third-order valence-electron chi connectivity index (χ3n) is 3.33. The van der Waals surface area contributed by atoms with Gasteiger partial charge in [0.2, 0.25) is 0 Å². The van der Waals surface area contributed by atoms with Gasteiger partial charge in [0, 0.05) is 25.7 Å². The van der Waals surface area contributed by atoms with E-state index >= 15 is 0 Å². The highest BCUT2D eigenvalue weighted by molar-refractivity contribution is 4.86. The second-order valence-electron chi connectivity index (χ2n) is 4.62. The van der Waals surface area contributed by atoms with E-state index in [1.807, 2.05) is 0 Å². The van der Waals surface area contributed by atoms with Crippen molar-refractivity contribution >= 4 is 0 Å². The summed E-state index contributed by atoms with van der Waals surface area (Å²) in [5, 5.41) is 0. The lowest BCUT2D eigenvalue weighted by molar-refractivity contribution is -0.432. The highest BCUT2D eigenvalue weighted by atomic mass is 16.8. The summed E-state index contributed by atoms with van der Waals surface area (Å²) < 4.78 is 17.4. The van der Waals surface area contributed by atoms with Crippen LogP contribution in [0.15, 0.2) is 0 Å². The van der Waals surface area contributed by atoms with Crippen LogP contribution < -0.4 is 0 Å². The van der Waals surface area contributed by atoms with E-state index in [1.165, 1.54) is 0 Å². The van der Waals surface area contributed by atoms with E-state index in [0.717, 1.165) is 51.7 Å². The number of hydrogen-bond donors (Lipinski definition) is 0. The molecule has 0 spiro atoms. The molecule has 2 heterocycles. The Morgan fingerprint density at radius 2 is 1.33 bits per heavy atom. The molecule has 0 aromatic rings. The molecule has 2 rings (SSSR count). The molecule has 0 N–H and O–H groups in total. The molecule has 0 aromatic heterocycles. The Labute approximate surface area is 92.1 Å². The van der Waals surface area contributed by atoms with Gasteiger partial charge in [-0.1, -0.05) is 26.7 Å². The third kappa shape index (κ3) is 2.19. The largest absolute Gasteiger partial charge is 0.349 e. The van der Waals surface area contributed by atoms with Gasteiger partial charge in [-0.25, -0.2) is 0 Å². The zero-order valence-electron chi connectivity index (χ0n) is 9.88. The summed E-state index contributed by atoms with van der Waals surface area (Å²) >= 11 is 0. The fourth-order valence-electron chi connectivity index (χ4n) is 2.42. The van der Waals surface area contributed by atoms with Gasteiger partial charge < -0.3 is 14.2 Å². The van der Waals surface area contributed by atoms with Crippen molar-refractivity contribution in [3.05, 3.63) is 0 Å². The summed E-state index contributed by atoms with van der Waals surface area (Å²) in [4.78, 5) is 0. The molecule has 0 aromatic carbocycles. The molecule has 0 saturated carbocycles. The molecule has 3 heteroatoms. The van der Waals surface area contributed by atoms with Crippen LogP contribution in [0.1, 0.15) is 52.4 Å². The lowest BCUT2D eigenvalue weighted by atomic mass is 9.98. The monoisotopic (exact) mass is 214 g/mol. The molecule has 2 unspecified atom stereocenters. The van der Waals surface area contributed by atoms with Crippen molar-refractivity contribution < 1.29 is 14.2 Å². The van der Waals surface area contributed by atoms with Crippen molar-refractivity contribution in [1.29, 1.82) is 0 Å². The average Bonchev–Trinajstić information content (AvgIpc) is 2.11. The first-order chi connectivity index (χ1) is 7.24. The Bertz CT molecular complexity index is 185. The van der Waals surface area contributed by atoms with E-state index in [9.17, 15) is 0 Å². The number of rotatable bonds is 6. The van der Waals surface area contributed by atoms with E-state index in [-0.39, 0.29) is 11.6 Å². The first-order valence-corrected chi connectivity index (χ1v) is 6.22. The normalized spacial score (nSPS) is 39.6. The van der Waals surface area contributed by atoms with Gasteiger partial charge in [0.25, 0.3) is 0 Å². The highest BCUT2D eigenvalue weighted by Gasteiger charge is 2.49. The fraction of sp³-hybridized carbons (Fsp3) is 1.00. The summed E-state index contributed by atoms with van der Waals surface area (Å²) in [5.74, 6) is -0.630. The van der Waals surface area contributed by atoms with Gasteiger partial charge in [0.15, 0.2) is 11.6 Å². The van der Waals surface area contributed by atoms with Crippen LogP contribution in [-0.4, -0.2) is 24.8 Å². The second-order valence-corrected chi connectivity index (χ2v) is 4.62. The molecule has 0 radical (unpaired) electrons. The van der Waals surface area contributed by atoms with Crippen LogP contribution in [-0.2, 0) is 14.2 Å². The Morgan fingerprint density at radius 3 is 1.53 bits per heavy atom. The lowest BCUT2D eigenvalue weighted by Gasteiger charge is -2.51. The van der Waals surface area contributed by atoms with Crippen molar-refractivity contribution in [2.75, 3.05) is 13.2 Å². The van der Waals surface area contributed by atoms with Crippen molar-refractivity contribution in [3.63, 3.8) is 0 Å². The van der Waals surface area contributed by atoms with Gasteiger partial charge in [0.1, 0.15) is 0 Å². The standard InChI is InChI=1S/C12H22O3/c1-3-5-11(7-9-13-11)15-12(6-4-2)8-10-14-12/h3-10H2,1-2H3. The van der Waals surface area contributed by atoms with E-state index in [2.05, 4.69) is 13.8 Å². The van der Waals surface area contributed by atoms with Gasteiger partial charge in [-0.05, 0) is 0 Å². The predicted molar refractivity (Wildman–Crippen MR) is 57.5 cm³/mol. The molecule has 2 aliphatic heterocycles. The van der Waals surface area contributed by atoms with Crippen LogP contribution in [0.4, 0.5) is 0 Å². The fourth-order valence-corrected chi connectivity index (χ4v) is 2.42. The van der Waals surface area contributed by atoms with Crippen molar-refractivity contribution in [1.82, 2.24) is 0 Å². The molecule has 2 saturated heterocycles. The van der Waals surface area contributed by atoms with Gasteiger partial charge in [0.05, 0.1) is 13.2 Å². The minimum absolute atomic E-state index is 0.315. The van der Waals surface area contributed by atoms with E-state index in [0.29, 0.717) is 0 Å². The minimum atomic E-state index is -0.315. The Balaban J connectivity index is 1.92. The first-order valence-electron chi connectivity index (χ1n) is 6.22. The number of hydrogen-bond acceptors (Lipinski definition) is 3. The molecular weight excluding hydrogens is 192 g/mol. The Morgan fingerprint density at radius 1 is 0.933 bits per heavy atom. The molecule has 15 heavy (non-hydrogen) atoms. The summed E-state index contributed by atoms with van der Waals surface area (Å²) in [6, 6.07) is 0. The Kier molecular flexibility index (Phi) is 3.33. The van der Waals surface area contributed by atoms with Crippen LogP contribution in [0.25, 0.3) is 0 Å². The summed E-state index contributed by atoms with van der Waals surface area (Å²) in [5.41, 5.74) is 0. The van der Waals surface area contributed by atoms with Crippen molar-refractivity contribution in [2.45, 2.75) is 63.9 Å². The zero-order chi connectivity index (χ0) is 10.8. The summed E-state index contributed by atoms with van der Waals surface area (Å²) in [7, 11) is 0. The smallest absolute Gasteiger partial charge is 0.173 e. The van der Waals surface area contributed by atoms with Crippen LogP contribution in [0.3, 0.4) is 0 Å². The molecule has 3 nitrogen and oxygen atoms in total. The van der Waals surface area contributed by atoms with Gasteiger partial charge in [-0.3, -0.25) is 0 Å². The lowest BCUT2D eigenvalue weighted by Crippen LogP contribution is -2.57. The molecule has 0 bridgehead atoms. The molecule has 0 amide bonds.